The Morgan fingerprint density at radius 2 is 1.63 bits per heavy atom. The Labute approximate surface area is 265 Å². The number of carbonyl (C=O) groups excluding carboxylic acids is 4. The average Bonchev–Trinajstić information content (AvgIpc) is 2.92. The van der Waals surface area contributed by atoms with Crippen LogP contribution in [0.3, 0.4) is 0 Å². The fraction of sp³-hybridized carbons (Fsp3) is 0.517. The second kappa shape index (κ2) is 13.9. The topological polar surface area (TPSA) is 268 Å². The first kappa shape index (κ1) is 36.6. The van der Waals surface area contributed by atoms with Crippen molar-refractivity contribution < 1.29 is 57.1 Å². The molecule has 0 aromatic heterocycles. The van der Waals surface area contributed by atoms with E-state index < -0.39 is 74.3 Å². The molecule has 0 heterocycles. The number of nitrogens with one attached hydrogen (secondary N) is 1. The highest BCUT2D eigenvalue weighted by molar-refractivity contribution is 7.79. The predicted molar refractivity (Wildman–Crippen MR) is 164 cm³/mol. The van der Waals surface area contributed by atoms with Crippen LogP contribution in [-0.2, 0) is 31.2 Å². The minimum Gasteiger partial charge on any atom is -0.510 e. The molecule has 4 unspecified atom stereocenters. The van der Waals surface area contributed by atoms with Gasteiger partial charge >= 0.3 is 10.4 Å². The molecular weight excluding hydrogens is 628 g/mol. The van der Waals surface area contributed by atoms with Crippen molar-refractivity contribution >= 4 is 39.5 Å². The maximum atomic E-state index is 13.9. The molecule has 0 bridgehead atoms. The van der Waals surface area contributed by atoms with Crippen molar-refractivity contribution in [3.05, 3.63) is 45.9 Å². The quantitative estimate of drug-likeness (QED) is 0.136. The molecule has 17 heteroatoms. The van der Waals surface area contributed by atoms with Crippen LogP contribution in [0.25, 0.3) is 0 Å². The lowest BCUT2D eigenvalue weighted by Gasteiger charge is -2.48. The van der Waals surface area contributed by atoms with E-state index in [4.69, 9.17) is 23.3 Å². The number of fused-ring (bicyclic) bond motifs is 3. The number of hydrogen-bond donors (Lipinski definition) is 8. The summed E-state index contributed by atoms with van der Waals surface area (Å²) < 4.78 is 31.6. The number of anilines is 1. The molecule has 0 radical (unpaired) electrons. The van der Waals surface area contributed by atoms with Gasteiger partial charge in [0.05, 0.1) is 18.2 Å². The molecule has 1 aromatic rings. The minimum atomic E-state index is -4.67. The van der Waals surface area contributed by atoms with Gasteiger partial charge in [-0.25, -0.2) is 0 Å². The number of phenols is 1. The van der Waals surface area contributed by atoms with Crippen molar-refractivity contribution in [2.75, 3.05) is 38.6 Å². The fourth-order valence-corrected chi connectivity index (χ4v) is 6.38. The third kappa shape index (κ3) is 7.08. The van der Waals surface area contributed by atoms with Crippen LogP contribution >= 0.6 is 0 Å². The zero-order valence-electron chi connectivity index (χ0n) is 25.8. The van der Waals surface area contributed by atoms with E-state index in [1.807, 2.05) is 19.2 Å². The number of aliphatic hydroxyl groups is 3. The van der Waals surface area contributed by atoms with Gasteiger partial charge in [-0.3, -0.25) is 33.6 Å². The van der Waals surface area contributed by atoms with Crippen LogP contribution in [0, 0.1) is 11.8 Å². The number of carbonyl (C=O) groups is 4. The van der Waals surface area contributed by atoms with Crippen LogP contribution in [0.15, 0.2) is 34.8 Å². The Kier molecular flexibility index (Phi) is 11.0. The Balaban J connectivity index is 0.00000107. The van der Waals surface area contributed by atoms with Crippen molar-refractivity contribution in [1.82, 2.24) is 10.2 Å². The summed E-state index contributed by atoms with van der Waals surface area (Å²) in [5, 5.41) is 46.6. The molecule has 0 fully saturated rings. The molecule has 0 spiro atoms. The van der Waals surface area contributed by atoms with Gasteiger partial charge in [0, 0.05) is 30.3 Å². The molecule has 1 aromatic carbocycles. The van der Waals surface area contributed by atoms with Gasteiger partial charge in [-0.15, -0.1) is 0 Å². The number of phenolic OH excluding ortho intramolecular Hbond substituents is 1. The molecule has 0 saturated heterocycles. The highest BCUT2D eigenvalue weighted by atomic mass is 32.3. The number of hydrogen-bond acceptors (Lipinski definition) is 13. The molecule has 3 aliphatic carbocycles. The summed E-state index contributed by atoms with van der Waals surface area (Å²) in [5.74, 6) is -8.17. The van der Waals surface area contributed by atoms with Crippen molar-refractivity contribution in [3.8, 4) is 5.75 Å². The van der Waals surface area contributed by atoms with E-state index in [0.717, 1.165) is 31.6 Å². The summed E-state index contributed by atoms with van der Waals surface area (Å²) in [6.07, 6.45) is 1.85. The predicted octanol–water partition coefficient (Wildman–Crippen LogP) is 0.210. The Bertz CT molecular complexity index is 1590. The molecule has 46 heavy (non-hydrogen) atoms. The molecular formula is C29H40N4O12S. The number of rotatable bonds is 8. The van der Waals surface area contributed by atoms with E-state index in [1.165, 1.54) is 11.0 Å². The second-order valence-corrected chi connectivity index (χ2v) is 12.6. The maximum Gasteiger partial charge on any atom is 0.394 e. The minimum absolute atomic E-state index is 0.0160. The van der Waals surface area contributed by atoms with Crippen LogP contribution in [-0.4, -0.2) is 112 Å². The fourth-order valence-electron chi connectivity index (χ4n) is 6.38. The number of aromatic hydroxyl groups is 1. The number of Topliss-reactive ketones (excluding diaryl/α,β-unsaturated/α-hetero) is 2. The normalized spacial score (nSPS) is 24.1. The van der Waals surface area contributed by atoms with E-state index in [1.54, 1.807) is 20.2 Å². The summed E-state index contributed by atoms with van der Waals surface area (Å²) >= 11 is 0. The first-order chi connectivity index (χ1) is 21.3. The number of likely N-dealkylation sites (N-methyl/N-ethyl adjacent to an activating group) is 1. The number of ketones is 2. The summed E-state index contributed by atoms with van der Waals surface area (Å²) in [6, 6.07) is 1.72. The van der Waals surface area contributed by atoms with Gasteiger partial charge in [-0.1, -0.05) is 13.8 Å². The lowest BCUT2D eigenvalue weighted by atomic mass is 9.59. The SMILES string of the molecule is CCCN(CCC)c1ccc(O)c2c1CC1CC3C(N)C(O)=C(C(=O)NC(=O)CN(C)C)C(=O)C3(O)C(O)=C1C2=O.O=S(=O)(O)O. The first-order valence-electron chi connectivity index (χ1n) is 14.5. The largest absolute Gasteiger partial charge is 0.510 e. The lowest BCUT2D eigenvalue weighted by molar-refractivity contribution is -0.146. The molecule has 4 rings (SSSR count). The number of benzene rings is 1. The average molecular weight is 669 g/mol. The van der Waals surface area contributed by atoms with Crippen LogP contribution in [0.5, 0.6) is 5.75 Å². The van der Waals surface area contributed by atoms with E-state index in [-0.39, 0.29) is 36.3 Å². The van der Waals surface area contributed by atoms with Crippen LogP contribution in [0.2, 0.25) is 0 Å². The molecule has 4 atom stereocenters. The molecule has 0 saturated carbocycles. The number of nitrogens with two attached hydrogens (primary N) is 1. The Morgan fingerprint density at radius 3 is 2.15 bits per heavy atom. The van der Waals surface area contributed by atoms with E-state index in [9.17, 15) is 39.6 Å². The standard InChI is InChI=1S/C29H38N4O8.H2O4S/c1-5-9-33(10-6-2)17-7-8-18(34)21-15(17)11-14-12-16-23(30)25(37)22(28(40)31-19(35)13-32(3)4)27(39)29(16,41)26(38)20(14)24(21)36;1-5(2,3)4/h7-8,14,16,23,34,37-38,41H,5-6,9-13,30H2,1-4H3,(H,31,35,40);(H2,1,2,3,4). The van der Waals surface area contributed by atoms with E-state index >= 15 is 0 Å². The van der Waals surface area contributed by atoms with Gasteiger partial charge in [-0.2, -0.15) is 8.42 Å². The molecule has 2 amide bonds. The highest BCUT2D eigenvalue weighted by Gasteiger charge is 2.62. The van der Waals surface area contributed by atoms with Crippen LogP contribution in [0.1, 0.15) is 49.0 Å². The third-order valence-corrected chi connectivity index (χ3v) is 8.13. The number of amides is 2. The summed E-state index contributed by atoms with van der Waals surface area (Å²) in [7, 11) is -1.49. The summed E-state index contributed by atoms with van der Waals surface area (Å²) in [4.78, 5) is 56.1. The highest BCUT2D eigenvalue weighted by Crippen LogP contribution is 2.52. The third-order valence-electron chi connectivity index (χ3n) is 8.13. The van der Waals surface area contributed by atoms with Gasteiger partial charge in [0.2, 0.25) is 11.7 Å². The number of nitrogens with zero attached hydrogens (tertiary/aromatic N) is 2. The maximum absolute atomic E-state index is 13.9. The monoisotopic (exact) mass is 668 g/mol. The van der Waals surface area contributed by atoms with Crippen molar-refractivity contribution in [1.29, 1.82) is 0 Å². The summed E-state index contributed by atoms with van der Waals surface area (Å²) in [5.41, 5.74) is 3.61. The van der Waals surface area contributed by atoms with Crippen LogP contribution in [0.4, 0.5) is 5.69 Å². The number of allylic oxidation sites excluding steroid dienone is 1. The zero-order valence-corrected chi connectivity index (χ0v) is 26.7. The van der Waals surface area contributed by atoms with Crippen LogP contribution < -0.4 is 16.0 Å². The second-order valence-electron chi connectivity index (χ2n) is 11.7. The van der Waals surface area contributed by atoms with Gasteiger partial charge in [0.25, 0.3) is 5.91 Å². The van der Waals surface area contributed by atoms with Crippen molar-refractivity contribution in [2.24, 2.45) is 17.6 Å². The number of aliphatic hydroxyl groups excluding tert-OH is 2. The molecule has 0 aliphatic heterocycles. The van der Waals surface area contributed by atoms with Gasteiger partial charge in [0.15, 0.2) is 11.4 Å². The van der Waals surface area contributed by atoms with Crippen molar-refractivity contribution in [2.45, 2.75) is 51.2 Å². The smallest absolute Gasteiger partial charge is 0.394 e. The molecule has 3 aliphatic rings. The van der Waals surface area contributed by atoms with Crippen molar-refractivity contribution in [3.63, 3.8) is 0 Å². The number of imide groups is 1. The zero-order chi connectivity index (χ0) is 34.9. The lowest BCUT2D eigenvalue weighted by Crippen LogP contribution is -2.63. The first-order valence-corrected chi connectivity index (χ1v) is 15.9. The summed E-state index contributed by atoms with van der Waals surface area (Å²) in [6.45, 7) is 5.32. The molecule has 16 nitrogen and oxygen atoms in total. The molecule has 9 N–H and O–H groups in total. The van der Waals surface area contributed by atoms with Gasteiger partial charge < -0.3 is 36.0 Å². The Hall–Kier alpha value is -3.87. The van der Waals surface area contributed by atoms with E-state index in [2.05, 4.69) is 4.90 Å². The van der Waals surface area contributed by atoms with E-state index in [0.29, 0.717) is 5.56 Å². The van der Waals surface area contributed by atoms with Gasteiger partial charge in [0.1, 0.15) is 22.8 Å². The molecule has 254 valence electrons. The Morgan fingerprint density at radius 1 is 1.07 bits per heavy atom. The van der Waals surface area contributed by atoms with Gasteiger partial charge in [-0.05, 0) is 63.4 Å².